The highest BCUT2D eigenvalue weighted by Crippen LogP contribution is 2.27. The number of hydrogen-bond donors (Lipinski definition) is 0. The Bertz CT molecular complexity index is 780. The fourth-order valence-corrected chi connectivity index (χ4v) is 4.60. The van der Waals surface area contributed by atoms with Gasteiger partial charge in [0.25, 0.3) is 5.91 Å². The van der Waals surface area contributed by atoms with Crippen LogP contribution >= 0.6 is 0 Å². The van der Waals surface area contributed by atoms with Crippen molar-refractivity contribution in [3.63, 3.8) is 0 Å². The second-order valence-electron chi connectivity index (χ2n) is 8.82. The molecule has 0 N–H and O–H groups in total. The SMILES string of the molecule is CC1CCN(C(=O)c2cc([C@@H]3CCCN(CCCc4ccccc4)C3)no2)CC1. The molecule has 0 radical (unpaired) electrons. The fourth-order valence-electron chi connectivity index (χ4n) is 4.60. The van der Waals surface area contributed by atoms with Crippen molar-refractivity contribution < 1.29 is 9.32 Å². The maximum atomic E-state index is 12.7. The minimum absolute atomic E-state index is 0.00572. The van der Waals surface area contributed by atoms with E-state index in [-0.39, 0.29) is 5.91 Å². The molecule has 5 nitrogen and oxygen atoms in total. The Balaban J connectivity index is 1.29. The van der Waals surface area contributed by atoms with Crippen molar-refractivity contribution in [1.82, 2.24) is 15.0 Å². The number of nitrogens with zero attached hydrogens (tertiary/aromatic N) is 3. The van der Waals surface area contributed by atoms with Gasteiger partial charge in [-0.1, -0.05) is 42.4 Å². The summed E-state index contributed by atoms with van der Waals surface area (Å²) in [6.45, 7) is 7.18. The van der Waals surface area contributed by atoms with Crippen LogP contribution in [0.4, 0.5) is 0 Å². The van der Waals surface area contributed by atoms with E-state index < -0.39 is 0 Å². The summed E-state index contributed by atoms with van der Waals surface area (Å²) in [5.74, 6) is 1.49. The topological polar surface area (TPSA) is 49.6 Å². The van der Waals surface area contributed by atoms with Crippen molar-refractivity contribution in [2.45, 2.75) is 51.4 Å². The van der Waals surface area contributed by atoms with E-state index in [9.17, 15) is 4.79 Å². The number of carbonyl (C=O) groups excluding carboxylic acids is 1. The summed E-state index contributed by atoms with van der Waals surface area (Å²) in [5, 5.41) is 4.28. The molecule has 3 heterocycles. The van der Waals surface area contributed by atoms with Gasteiger partial charge in [-0.05, 0) is 63.1 Å². The molecule has 0 unspecified atom stereocenters. The summed E-state index contributed by atoms with van der Waals surface area (Å²) < 4.78 is 5.47. The van der Waals surface area contributed by atoms with Gasteiger partial charge in [-0.15, -0.1) is 0 Å². The molecule has 1 aromatic carbocycles. The zero-order valence-electron chi connectivity index (χ0n) is 17.6. The number of likely N-dealkylation sites (tertiary alicyclic amines) is 2. The summed E-state index contributed by atoms with van der Waals surface area (Å²) in [6, 6.07) is 12.6. The van der Waals surface area contributed by atoms with E-state index in [1.54, 1.807) is 0 Å². The predicted molar refractivity (Wildman–Crippen MR) is 114 cm³/mol. The Morgan fingerprint density at radius 2 is 1.93 bits per heavy atom. The number of rotatable bonds is 6. The van der Waals surface area contributed by atoms with Crippen molar-refractivity contribution in [2.75, 3.05) is 32.7 Å². The summed E-state index contributed by atoms with van der Waals surface area (Å²) in [6.07, 6.45) is 6.75. The van der Waals surface area contributed by atoms with Gasteiger partial charge < -0.3 is 14.3 Å². The van der Waals surface area contributed by atoms with E-state index >= 15 is 0 Å². The molecule has 156 valence electrons. The second kappa shape index (κ2) is 9.57. The summed E-state index contributed by atoms with van der Waals surface area (Å²) in [7, 11) is 0. The second-order valence-corrected chi connectivity index (χ2v) is 8.82. The standard InChI is InChI=1S/C24H33N3O2/c1-19-11-15-27(16-12-19)24(28)23-17-22(25-29-23)21-10-6-14-26(18-21)13-5-9-20-7-3-2-4-8-20/h2-4,7-8,17,19,21H,5-6,9-16,18H2,1H3/t21-/m1/s1. The summed E-state index contributed by atoms with van der Waals surface area (Å²) in [5.41, 5.74) is 2.36. The quantitative estimate of drug-likeness (QED) is 0.729. The molecule has 1 amide bonds. The Kier molecular flexibility index (Phi) is 6.65. The van der Waals surface area contributed by atoms with Crippen molar-refractivity contribution in [3.05, 3.63) is 53.4 Å². The molecule has 4 rings (SSSR count). The molecule has 2 saturated heterocycles. The molecule has 0 spiro atoms. The Morgan fingerprint density at radius 1 is 1.14 bits per heavy atom. The molecule has 0 bridgehead atoms. The first-order valence-electron chi connectivity index (χ1n) is 11.2. The van der Waals surface area contributed by atoms with Gasteiger partial charge in [-0.3, -0.25) is 4.79 Å². The van der Waals surface area contributed by atoms with Crippen LogP contribution < -0.4 is 0 Å². The van der Waals surface area contributed by atoms with Crippen molar-refractivity contribution >= 4 is 5.91 Å². The van der Waals surface area contributed by atoms with Crippen LogP contribution in [0.5, 0.6) is 0 Å². The number of amides is 1. The van der Waals surface area contributed by atoms with Gasteiger partial charge in [0.1, 0.15) is 0 Å². The number of benzene rings is 1. The number of hydrogen-bond acceptors (Lipinski definition) is 4. The summed E-state index contributed by atoms with van der Waals surface area (Å²) in [4.78, 5) is 17.2. The van der Waals surface area contributed by atoms with E-state index in [1.807, 2.05) is 11.0 Å². The van der Waals surface area contributed by atoms with Crippen LogP contribution in [0.3, 0.4) is 0 Å². The Morgan fingerprint density at radius 3 is 2.72 bits per heavy atom. The zero-order valence-corrected chi connectivity index (χ0v) is 17.6. The first-order chi connectivity index (χ1) is 14.2. The Labute approximate surface area is 174 Å². The van der Waals surface area contributed by atoms with Crippen LogP contribution in [0.15, 0.2) is 40.9 Å². The van der Waals surface area contributed by atoms with Crippen LogP contribution in [-0.2, 0) is 6.42 Å². The van der Waals surface area contributed by atoms with E-state index in [2.05, 4.69) is 47.3 Å². The van der Waals surface area contributed by atoms with Gasteiger partial charge in [0, 0.05) is 31.6 Å². The van der Waals surface area contributed by atoms with Crippen LogP contribution in [0.25, 0.3) is 0 Å². The van der Waals surface area contributed by atoms with Crippen molar-refractivity contribution in [2.24, 2.45) is 5.92 Å². The molecule has 2 aliphatic rings. The summed E-state index contributed by atoms with van der Waals surface area (Å²) >= 11 is 0. The molecule has 1 atom stereocenters. The van der Waals surface area contributed by atoms with Gasteiger partial charge in [-0.25, -0.2) is 0 Å². The molecule has 1 aromatic heterocycles. The third-order valence-corrected chi connectivity index (χ3v) is 6.52. The molecule has 0 saturated carbocycles. The fraction of sp³-hybridized carbons (Fsp3) is 0.583. The van der Waals surface area contributed by atoms with E-state index in [0.717, 1.165) is 64.1 Å². The van der Waals surface area contributed by atoms with Gasteiger partial charge >= 0.3 is 0 Å². The molecule has 2 aromatic rings. The minimum atomic E-state index is 0.00572. The number of aryl methyl sites for hydroxylation is 1. The molecule has 2 aliphatic heterocycles. The largest absolute Gasteiger partial charge is 0.351 e. The molecule has 2 fully saturated rings. The van der Waals surface area contributed by atoms with Gasteiger partial charge in [0.2, 0.25) is 5.76 Å². The molecule has 29 heavy (non-hydrogen) atoms. The van der Waals surface area contributed by atoms with Crippen molar-refractivity contribution in [1.29, 1.82) is 0 Å². The van der Waals surface area contributed by atoms with Crippen LogP contribution in [0.2, 0.25) is 0 Å². The average Bonchev–Trinajstić information content (AvgIpc) is 3.25. The molecule has 5 heteroatoms. The molecule has 0 aliphatic carbocycles. The number of carbonyl (C=O) groups is 1. The highest BCUT2D eigenvalue weighted by molar-refractivity contribution is 5.91. The molecular formula is C24H33N3O2. The highest BCUT2D eigenvalue weighted by atomic mass is 16.5. The number of aromatic nitrogens is 1. The lowest BCUT2D eigenvalue weighted by atomic mass is 9.94. The lowest BCUT2D eigenvalue weighted by Crippen LogP contribution is -2.37. The normalized spacial score (nSPS) is 21.4. The smallest absolute Gasteiger partial charge is 0.292 e. The predicted octanol–water partition coefficient (Wildman–Crippen LogP) is 4.36. The lowest BCUT2D eigenvalue weighted by Gasteiger charge is -2.31. The van der Waals surface area contributed by atoms with E-state index in [1.165, 1.54) is 18.4 Å². The molecular weight excluding hydrogens is 362 g/mol. The van der Waals surface area contributed by atoms with Gasteiger partial charge in [0.15, 0.2) is 0 Å². The van der Waals surface area contributed by atoms with Gasteiger partial charge in [-0.2, -0.15) is 0 Å². The first-order valence-corrected chi connectivity index (χ1v) is 11.2. The Hall–Kier alpha value is -2.14. The van der Waals surface area contributed by atoms with Gasteiger partial charge in [0.05, 0.1) is 5.69 Å². The van der Waals surface area contributed by atoms with Crippen molar-refractivity contribution in [3.8, 4) is 0 Å². The van der Waals surface area contributed by atoms with Crippen LogP contribution in [0.1, 0.15) is 66.8 Å². The van der Waals surface area contributed by atoms with E-state index in [4.69, 9.17) is 4.52 Å². The third kappa shape index (κ3) is 5.27. The first kappa shape index (κ1) is 20.1. The maximum absolute atomic E-state index is 12.7. The number of piperidine rings is 2. The van der Waals surface area contributed by atoms with E-state index in [0.29, 0.717) is 17.6 Å². The average molecular weight is 396 g/mol. The zero-order chi connectivity index (χ0) is 20.1. The third-order valence-electron chi connectivity index (χ3n) is 6.52. The van der Waals surface area contributed by atoms with Crippen LogP contribution in [-0.4, -0.2) is 53.6 Å². The monoisotopic (exact) mass is 395 g/mol. The minimum Gasteiger partial charge on any atom is -0.351 e. The lowest BCUT2D eigenvalue weighted by molar-refractivity contribution is 0.0655. The highest BCUT2D eigenvalue weighted by Gasteiger charge is 2.28. The van der Waals surface area contributed by atoms with Crippen LogP contribution in [0, 0.1) is 5.92 Å². The maximum Gasteiger partial charge on any atom is 0.292 e.